The van der Waals surface area contributed by atoms with Crippen LogP contribution in [0.1, 0.15) is 34.5 Å². The molecular formula is C22H22N2O5. The first-order valence-corrected chi connectivity index (χ1v) is 9.06. The SMILES string of the molecule is COC(=O)C1=C(C)N(Cc2ccccc2)C(=O)NC1c1ccccc1C(=O)OC. The van der Waals surface area contributed by atoms with Crippen LogP contribution in [0.4, 0.5) is 4.79 Å². The molecule has 1 atom stereocenters. The first kappa shape index (κ1) is 20.1. The van der Waals surface area contributed by atoms with Crippen molar-refractivity contribution in [3.8, 4) is 0 Å². The number of allylic oxidation sites excluding steroid dienone is 1. The summed E-state index contributed by atoms with van der Waals surface area (Å²) in [5.74, 6) is -1.13. The lowest BCUT2D eigenvalue weighted by molar-refractivity contribution is -0.136. The third kappa shape index (κ3) is 3.99. The molecule has 1 N–H and O–H groups in total. The highest BCUT2D eigenvalue weighted by Gasteiger charge is 2.37. The minimum absolute atomic E-state index is 0.263. The van der Waals surface area contributed by atoms with E-state index in [-0.39, 0.29) is 17.2 Å². The number of ether oxygens (including phenoxy) is 2. The van der Waals surface area contributed by atoms with E-state index in [4.69, 9.17) is 9.47 Å². The number of esters is 2. The second-order valence-electron chi connectivity index (χ2n) is 6.52. The number of nitrogens with zero attached hydrogens (tertiary/aromatic N) is 1. The highest BCUT2D eigenvalue weighted by molar-refractivity contribution is 5.97. The molecule has 0 aromatic heterocycles. The number of hydrogen-bond acceptors (Lipinski definition) is 5. The molecule has 1 unspecified atom stereocenters. The van der Waals surface area contributed by atoms with Crippen LogP contribution in [0.3, 0.4) is 0 Å². The van der Waals surface area contributed by atoms with Crippen molar-refractivity contribution in [3.63, 3.8) is 0 Å². The number of hydrogen-bond donors (Lipinski definition) is 1. The van der Waals surface area contributed by atoms with Crippen LogP contribution >= 0.6 is 0 Å². The van der Waals surface area contributed by atoms with Gasteiger partial charge in [-0.1, -0.05) is 48.5 Å². The van der Waals surface area contributed by atoms with Gasteiger partial charge in [0.2, 0.25) is 0 Å². The molecule has 0 saturated heterocycles. The predicted molar refractivity (Wildman–Crippen MR) is 106 cm³/mol. The first-order chi connectivity index (χ1) is 14.0. The summed E-state index contributed by atoms with van der Waals surface area (Å²) >= 11 is 0. The van der Waals surface area contributed by atoms with E-state index in [0.29, 0.717) is 17.8 Å². The Hall–Kier alpha value is -3.61. The van der Waals surface area contributed by atoms with Crippen molar-refractivity contribution in [2.24, 2.45) is 0 Å². The van der Waals surface area contributed by atoms with E-state index in [0.717, 1.165) is 5.56 Å². The van der Waals surface area contributed by atoms with Gasteiger partial charge in [0.05, 0.1) is 37.9 Å². The molecule has 0 radical (unpaired) electrons. The van der Waals surface area contributed by atoms with Crippen LogP contribution in [0.5, 0.6) is 0 Å². The van der Waals surface area contributed by atoms with Crippen molar-refractivity contribution in [2.75, 3.05) is 14.2 Å². The predicted octanol–water partition coefficient (Wildman–Crippen LogP) is 3.19. The smallest absolute Gasteiger partial charge is 0.338 e. The second kappa shape index (κ2) is 8.60. The average Bonchev–Trinajstić information content (AvgIpc) is 2.76. The maximum absolute atomic E-state index is 12.9. The summed E-state index contributed by atoms with van der Waals surface area (Å²) in [5, 5.41) is 2.84. The van der Waals surface area contributed by atoms with Gasteiger partial charge in [-0.15, -0.1) is 0 Å². The number of amides is 2. The summed E-state index contributed by atoms with van der Waals surface area (Å²) in [6, 6.07) is 14.9. The van der Waals surface area contributed by atoms with Crippen LogP contribution in [0.2, 0.25) is 0 Å². The minimum Gasteiger partial charge on any atom is -0.466 e. The van der Waals surface area contributed by atoms with Gasteiger partial charge in [0.1, 0.15) is 0 Å². The molecular weight excluding hydrogens is 372 g/mol. The van der Waals surface area contributed by atoms with Crippen molar-refractivity contribution in [1.82, 2.24) is 10.2 Å². The Morgan fingerprint density at radius 1 is 0.966 bits per heavy atom. The lowest BCUT2D eigenvalue weighted by Gasteiger charge is -2.35. The van der Waals surface area contributed by atoms with Crippen LogP contribution in [0.15, 0.2) is 65.9 Å². The zero-order valence-electron chi connectivity index (χ0n) is 16.5. The summed E-state index contributed by atoms with van der Waals surface area (Å²) in [4.78, 5) is 39.3. The number of urea groups is 1. The number of carbonyl (C=O) groups excluding carboxylic acids is 3. The molecule has 1 aliphatic rings. The van der Waals surface area contributed by atoms with E-state index in [1.807, 2.05) is 30.3 Å². The lowest BCUT2D eigenvalue weighted by Crippen LogP contribution is -2.47. The fraction of sp³-hybridized carbons (Fsp3) is 0.227. The molecule has 2 aromatic carbocycles. The Morgan fingerprint density at radius 2 is 1.59 bits per heavy atom. The van der Waals surface area contributed by atoms with Crippen LogP contribution in [0, 0.1) is 0 Å². The molecule has 2 aromatic rings. The van der Waals surface area contributed by atoms with Gasteiger partial charge in [-0.3, -0.25) is 4.90 Å². The average molecular weight is 394 g/mol. The normalized spacial score (nSPS) is 16.3. The quantitative estimate of drug-likeness (QED) is 0.788. The Morgan fingerprint density at radius 3 is 2.24 bits per heavy atom. The molecule has 3 rings (SSSR count). The fourth-order valence-electron chi connectivity index (χ4n) is 3.39. The maximum Gasteiger partial charge on any atom is 0.338 e. The van der Waals surface area contributed by atoms with Gasteiger partial charge in [-0.05, 0) is 24.1 Å². The monoisotopic (exact) mass is 394 g/mol. The number of benzene rings is 2. The molecule has 2 amide bonds. The first-order valence-electron chi connectivity index (χ1n) is 9.06. The van der Waals surface area contributed by atoms with Crippen LogP contribution < -0.4 is 5.32 Å². The summed E-state index contributed by atoms with van der Waals surface area (Å²) in [5.41, 5.74) is 2.38. The molecule has 0 saturated carbocycles. The molecule has 0 spiro atoms. The molecule has 0 fully saturated rings. The lowest BCUT2D eigenvalue weighted by atomic mass is 9.91. The molecule has 1 aliphatic heterocycles. The van der Waals surface area contributed by atoms with Crippen LogP contribution in [-0.2, 0) is 20.8 Å². The summed E-state index contributed by atoms with van der Waals surface area (Å²) in [7, 11) is 2.56. The van der Waals surface area contributed by atoms with Gasteiger partial charge in [0.15, 0.2) is 0 Å². The van der Waals surface area contributed by atoms with E-state index < -0.39 is 18.0 Å². The van der Waals surface area contributed by atoms with E-state index in [1.54, 1.807) is 31.2 Å². The molecule has 150 valence electrons. The molecule has 0 aliphatic carbocycles. The van der Waals surface area contributed by atoms with Gasteiger partial charge < -0.3 is 14.8 Å². The van der Waals surface area contributed by atoms with Crippen LogP contribution in [-0.4, -0.2) is 37.1 Å². The standard InChI is InChI=1S/C22H22N2O5/c1-14-18(21(26)29-3)19(16-11-7-8-12-17(16)20(25)28-2)23-22(27)24(14)13-15-9-5-4-6-10-15/h4-12,19H,13H2,1-3H3,(H,23,27). The number of rotatable bonds is 5. The van der Waals surface area contributed by atoms with E-state index in [2.05, 4.69) is 5.32 Å². The third-order valence-electron chi connectivity index (χ3n) is 4.86. The Labute approximate surface area is 168 Å². The van der Waals surface area contributed by atoms with Crippen molar-refractivity contribution in [2.45, 2.75) is 19.5 Å². The molecule has 7 nitrogen and oxygen atoms in total. The van der Waals surface area contributed by atoms with Gasteiger partial charge >= 0.3 is 18.0 Å². The van der Waals surface area contributed by atoms with E-state index in [9.17, 15) is 14.4 Å². The zero-order chi connectivity index (χ0) is 21.0. The van der Waals surface area contributed by atoms with Crippen molar-refractivity contribution < 1.29 is 23.9 Å². The van der Waals surface area contributed by atoms with Gasteiger partial charge in [0.25, 0.3) is 0 Å². The van der Waals surface area contributed by atoms with E-state index in [1.165, 1.54) is 19.1 Å². The van der Waals surface area contributed by atoms with E-state index >= 15 is 0 Å². The minimum atomic E-state index is -0.836. The highest BCUT2D eigenvalue weighted by Crippen LogP contribution is 2.33. The third-order valence-corrected chi connectivity index (χ3v) is 4.86. The van der Waals surface area contributed by atoms with Gasteiger partial charge in [-0.25, -0.2) is 14.4 Å². The topological polar surface area (TPSA) is 84.9 Å². The molecule has 29 heavy (non-hydrogen) atoms. The van der Waals surface area contributed by atoms with Gasteiger partial charge in [-0.2, -0.15) is 0 Å². The number of methoxy groups -OCH3 is 2. The second-order valence-corrected chi connectivity index (χ2v) is 6.52. The maximum atomic E-state index is 12.9. The summed E-state index contributed by atoms with van der Waals surface area (Å²) < 4.78 is 9.83. The Bertz CT molecular complexity index is 968. The van der Waals surface area contributed by atoms with Crippen LogP contribution in [0.25, 0.3) is 0 Å². The van der Waals surface area contributed by atoms with Crippen molar-refractivity contribution >= 4 is 18.0 Å². The molecule has 7 heteroatoms. The number of nitrogens with one attached hydrogen (secondary N) is 1. The summed E-state index contributed by atoms with van der Waals surface area (Å²) in [6.45, 7) is 1.99. The summed E-state index contributed by atoms with van der Waals surface area (Å²) in [6.07, 6.45) is 0. The fourth-order valence-corrected chi connectivity index (χ4v) is 3.39. The number of carbonyl (C=O) groups is 3. The zero-order valence-corrected chi connectivity index (χ0v) is 16.5. The molecule has 0 bridgehead atoms. The highest BCUT2D eigenvalue weighted by atomic mass is 16.5. The Kier molecular flexibility index (Phi) is 5.97. The molecule has 1 heterocycles. The van der Waals surface area contributed by atoms with Gasteiger partial charge in [0, 0.05) is 5.70 Å². The van der Waals surface area contributed by atoms with Crippen molar-refractivity contribution in [1.29, 1.82) is 0 Å². The Balaban J connectivity index is 2.09. The van der Waals surface area contributed by atoms with Crippen molar-refractivity contribution in [3.05, 3.63) is 82.6 Å². The largest absolute Gasteiger partial charge is 0.466 e.